The number of rotatable bonds is 4. The molecule has 2 unspecified atom stereocenters. The minimum absolute atomic E-state index is 0.000546. The highest BCUT2D eigenvalue weighted by Gasteiger charge is 2.48. The van der Waals surface area contributed by atoms with E-state index in [9.17, 15) is 9.90 Å². The fourth-order valence-corrected chi connectivity index (χ4v) is 4.69. The highest BCUT2D eigenvalue weighted by Crippen LogP contribution is 2.47. The Hall–Kier alpha value is -2.53. The lowest BCUT2D eigenvalue weighted by molar-refractivity contribution is 0.0494. The Balaban J connectivity index is 1.38. The number of phenolic OH excluding ortho intramolecular Hbond substituents is 1. The van der Waals surface area contributed by atoms with Crippen molar-refractivity contribution in [2.75, 3.05) is 0 Å². The molecule has 30 heavy (non-hydrogen) atoms. The quantitative estimate of drug-likeness (QED) is 0.710. The van der Waals surface area contributed by atoms with E-state index in [4.69, 9.17) is 14.2 Å². The second-order valence-electron chi connectivity index (χ2n) is 9.54. The summed E-state index contributed by atoms with van der Waals surface area (Å²) in [4.78, 5) is 12.8. The van der Waals surface area contributed by atoms with Crippen molar-refractivity contribution in [2.45, 2.75) is 76.3 Å². The molecule has 3 heterocycles. The molecule has 0 bridgehead atoms. The predicted octanol–water partition coefficient (Wildman–Crippen LogP) is 5.14. The van der Waals surface area contributed by atoms with E-state index in [0.717, 1.165) is 42.6 Å². The molecular formula is C25H28O5. The Bertz CT molecular complexity index is 993. The summed E-state index contributed by atoms with van der Waals surface area (Å²) in [5.74, 6) is 1.76. The van der Waals surface area contributed by atoms with E-state index in [1.54, 1.807) is 12.1 Å². The van der Waals surface area contributed by atoms with Gasteiger partial charge in [-0.25, -0.2) is 0 Å². The zero-order chi connectivity index (χ0) is 21.1. The average Bonchev–Trinajstić information content (AvgIpc) is 3.33. The summed E-state index contributed by atoms with van der Waals surface area (Å²) in [7, 11) is 0. The van der Waals surface area contributed by atoms with Crippen LogP contribution in [0, 0.1) is 0 Å². The molecule has 0 aromatic heterocycles. The zero-order valence-electron chi connectivity index (χ0n) is 17.7. The van der Waals surface area contributed by atoms with Gasteiger partial charge in [0.1, 0.15) is 29.0 Å². The SMILES string of the molecule is CC1(CCC2OC2(C)C)CCc2c(ccc3c2O[C@H](c2ccc(O)cc2)CC3=O)O1. The highest BCUT2D eigenvalue weighted by molar-refractivity contribution is 6.00. The molecule has 0 spiro atoms. The number of carbonyl (C=O) groups excluding carboxylic acids is 1. The number of ketones is 1. The molecule has 5 heteroatoms. The number of benzene rings is 2. The predicted molar refractivity (Wildman–Crippen MR) is 112 cm³/mol. The van der Waals surface area contributed by atoms with Gasteiger partial charge in [-0.2, -0.15) is 0 Å². The minimum atomic E-state index is -0.348. The average molecular weight is 408 g/mol. The van der Waals surface area contributed by atoms with Crippen molar-refractivity contribution in [3.8, 4) is 17.2 Å². The van der Waals surface area contributed by atoms with Crippen LogP contribution in [0.4, 0.5) is 0 Å². The Morgan fingerprint density at radius 3 is 2.53 bits per heavy atom. The molecule has 0 radical (unpaired) electrons. The molecule has 1 N–H and O–H groups in total. The van der Waals surface area contributed by atoms with E-state index in [1.807, 2.05) is 24.3 Å². The lowest BCUT2D eigenvalue weighted by atomic mass is 9.85. The number of carbonyl (C=O) groups is 1. The van der Waals surface area contributed by atoms with E-state index < -0.39 is 0 Å². The van der Waals surface area contributed by atoms with Gasteiger partial charge in [-0.15, -0.1) is 0 Å². The summed E-state index contributed by atoms with van der Waals surface area (Å²) < 4.78 is 18.5. The number of fused-ring (bicyclic) bond motifs is 3. The highest BCUT2D eigenvalue weighted by atomic mass is 16.6. The number of Topliss-reactive ketones (excluding diaryl/α,β-unsaturated/α-hetero) is 1. The van der Waals surface area contributed by atoms with Crippen molar-refractivity contribution in [3.05, 3.63) is 53.1 Å². The largest absolute Gasteiger partial charge is 0.508 e. The van der Waals surface area contributed by atoms with Crippen LogP contribution < -0.4 is 9.47 Å². The van der Waals surface area contributed by atoms with E-state index in [0.29, 0.717) is 23.8 Å². The topological polar surface area (TPSA) is 68.3 Å². The third-order valence-corrected chi connectivity index (χ3v) is 6.77. The molecule has 3 atom stereocenters. The lowest BCUT2D eigenvalue weighted by Crippen LogP contribution is -2.37. The summed E-state index contributed by atoms with van der Waals surface area (Å²) >= 11 is 0. The molecule has 0 saturated carbocycles. The van der Waals surface area contributed by atoms with Crippen LogP contribution in [0.3, 0.4) is 0 Å². The Kier molecular flexibility index (Phi) is 4.37. The summed E-state index contributed by atoms with van der Waals surface area (Å²) in [6.45, 7) is 6.42. The van der Waals surface area contributed by atoms with Gasteiger partial charge >= 0.3 is 0 Å². The zero-order valence-corrected chi connectivity index (χ0v) is 17.7. The van der Waals surface area contributed by atoms with E-state index in [1.165, 1.54) is 0 Å². The van der Waals surface area contributed by atoms with Crippen molar-refractivity contribution < 1.29 is 24.1 Å². The van der Waals surface area contributed by atoms with Crippen molar-refractivity contribution >= 4 is 5.78 Å². The Morgan fingerprint density at radius 2 is 1.83 bits per heavy atom. The number of phenols is 1. The molecule has 1 fully saturated rings. The van der Waals surface area contributed by atoms with Gasteiger partial charge in [-0.1, -0.05) is 12.1 Å². The lowest BCUT2D eigenvalue weighted by Gasteiger charge is -2.38. The number of hydrogen-bond acceptors (Lipinski definition) is 5. The molecule has 2 aromatic rings. The molecular weight excluding hydrogens is 380 g/mol. The molecule has 0 amide bonds. The fraction of sp³-hybridized carbons (Fsp3) is 0.480. The summed E-state index contributed by atoms with van der Waals surface area (Å²) in [5.41, 5.74) is 2.28. The Labute approximate surface area is 177 Å². The van der Waals surface area contributed by atoms with E-state index in [2.05, 4.69) is 20.8 Å². The molecule has 3 aliphatic heterocycles. The van der Waals surface area contributed by atoms with Crippen LogP contribution in [0.2, 0.25) is 0 Å². The van der Waals surface area contributed by atoms with Crippen LogP contribution in [0.15, 0.2) is 36.4 Å². The molecule has 0 aliphatic carbocycles. The standard InChI is InChI=1S/C25H28O5/c1-24(2)22(30-24)11-13-25(3)12-10-18-20(29-25)9-8-17-19(27)14-21(28-23(17)18)15-4-6-16(26)7-5-15/h4-9,21-22,26H,10-14H2,1-3H3/t21-,22?,25?/m0/s1. The van der Waals surface area contributed by atoms with Gasteiger partial charge in [0.15, 0.2) is 5.78 Å². The first-order valence-electron chi connectivity index (χ1n) is 10.8. The van der Waals surface area contributed by atoms with Crippen molar-refractivity contribution in [1.29, 1.82) is 0 Å². The smallest absolute Gasteiger partial charge is 0.170 e. The molecule has 3 aliphatic rings. The van der Waals surface area contributed by atoms with Gasteiger partial charge in [0, 0.05) is 5.56 Å². The second kappa shape index (κ2) is 6.74. The molecule has 2 aromatic carbocycles. The van der Waals surface area contributed by atoms with Crippen LogP contribution in [-0.2, 0) is 11.2 Å². The van der Waals surface area contributed by atoms with Gasteiger partial charge in [0.05, 0.1) is 23.7 Å². The summed E-state index contributed by atoms with van der Waals surface area (Å²) in [5, 5.41) is 9.55. The third kappa shape index (κ3) is 3.45. The van der Waals surface area contributed by atoms with Crippen LogP contribution in [0.1, 0.15) is 74.0 Å². The van der Waals surface area contributed by atoms with Crippen molar-refractivity contribution in [3.63, 3.8) is 0 Å². The summed E-state index contributed by atoms with van der Waals surface area (Å²) in [6.07, 6.45) is 3.89. The first-order valence-corrected chi connectivity index (χ1v) is 10.8. The molecule has 5 rings (SSSR count). The van der Waals surface area contributed by atoms with E-state index >= 15 is 0 Å². The summed E-state index contributed by atoms with van der Waals surface area (Å²) in [6, 6.07) is 10.6. The fourth-order valence-electron chi connectivity index (χ4n) is 4.69. The first kappa shape index (κ1) is 19.4. The maximum Gasteiger partial charge on any atom is 0.170 e. The van der Waals surface area contributed by atoms with Crippen molar-refractivity contribution in [1.82, 2.24) is 0 Å². The van der Waals surface area contributed by atoms with Crippen molar-refractivity contribution in [2.24, 2.45) is 0 Å². The van der Waals surface area contributed by atoms with Crippen LogP contribution in [0.5, 0.6) is 17.2 Å². The van der Waals surface area contributed by atoms with Gasteiger partial charge in [-0.3, -0.25) is 4.79 Å². The van der Waals surface area contributed by atoms with Crippen LogP contribution >= 0.6 is 0 Å². The second-order valence-corrected chi connectivity index (χ2v) is 9.54. The molecule has 1 saturated heterocycles. The minimum Gasteiger partial charge on any atom is -0.508 e. The van der Waals surface area contributed by atoms with E-state index in [-0.39, 0.29) is 28.8 Å². The number of aromatic hydroxyl groups is 1. The maximum atomic E-state index is 12.8. The van der Waals surface area contributed by atoms with Gasteiger partial charge < -0.3 is 19.3 Å². The number of ether oxygens (including phenoxy) is 3. The number of epoxide rings is 1. The van der Waals surface area contributed by atoms with Crippen LogP contribution in [-0.4, -0.2) is 28.2 Å². The number of hydrogen-bond donors (Lipinski definition) is 1. The third-order valence-electron chi connectivity index (χ3n) is 6.77. The monoisotopic (exact) mass is 408 g/mol. The normalized spacial score (nSPS) is 28.7. The molecule has 5 nitrogen and oxygen atoms in total. The molecule has 158 valence electrons. The van der Waals surface area contributed by atoms with Gasteiger partial charge in [-0.05, 0) is 76.3 Å². The first-order chi connectivity index (χ1) is 14.2. The maximum absolute atomic E-state index is 12.8. The Morgan fingerprint density at radius 1 is 1.10 bits per heavy atom. The van der Waals surface area contributed by atoms with Crippen LogP contribution in [0.25, 0.3) is 0 Å². The van der Waals surface area contributed by atoms with Gasteiger partial charge in [0.2, 0.25) is 0 Å². The van der Waals surface area contributed by atoms with Gasteiger partial charge in [0.25, 0.3) is 0 Å².